The van der Waals surface area contributed by atoms with Gasteiger partial charge in [-0.2, -0.15) is 0 Å². The molecule has 0 amide bonds. The molecule has 9 heteroatoms. The monoisotopic (exact) mass is 306 g/mol. The summed E-state index contributed by atoms with van der Waals surface area (Å²) in [4.78, 5) is 13.0. The second-order valence-corrected chi connectivity index (χ2v) is 5.40. The van der Waals surface area contributed by atoms with Gasteiger partial charge in [0.15, 0.2) is 23.3 Å². The van der Waals surface area contributed by atoms with E-state index in [1.165, 1.54) is 6.33 Å². The molecule has 9 nitrogen and oxygen atoms in total. The van der Waals surface area contributed by atoms with Crippen LogP contribution in [-0.4, -0.2) is 62.2 Å². The van der Waals surface area contributed by atoms with Crippen molar-refractivity contribution in [3.63, 3.8) is 0 Å². The Labute approximate surface area is 126 Å². The number of ether oxygens (including phenoxy) is 2. The van der Waals surface area contributed by atoms with Gasteiger partial charge in [0.2, 0.25) is 0 Å². The Kier molecular flexibility index (Phi) is 3.62. The van der Waals surface area contributed by atoms with E-state index in [0.29, 0.717) is 31.0 Å². The first kappa shape index (κ1) is 13.8. The van der Waals surface area contributed by atoms with Gasteiger partial charge in [-0.15, -0.1) is 0 Å². The molecule has 0 bridgehead atoms. The van der Waals surface area contributed by atoms with Crippen molar-refractivity contribution in [1.29, 1.82) is 0 Å². The second-order valence-electron chi connectivity index (χ2n) is 5.40. The van der Waals surface area contributed by atoms with Crippen LogP contribution >= 0.6 is 0 Å². The van der Waals surface area contributed by atoms with Gasteiger partial charge in [0.1, 0.15) is 12.6 Å². The first-order valence-electron chi connectivity index (χ1n) is 7.41. The van der Waals surface area contributed by atoms with Crippen LogP contribution in [0.4, 0.5) is 5.82 Å². The molecule has 2 fully saturated rings. The normalized spacial score (nSPS) is 26.6. The highest BCUT2D eigenvalue weighted by Crippen LogP contribution is 2.27. The van der Waals surface area contributed by atoms with E-state index < -0.39 is 6.29 Å². The van der Waals surface area contributed by atoms with Crippen LogP contribution in [0.15, 0.2) is 12.7 Å². The number of aromatic nitrogens is 4. The van der Waals surface area contributed by atoms with Gasteiger partial charge in [-0.05, 0) is 12.8 Å². The van der Waals surface area contributed by atoms with Crippen molar-refractivity contribution in [2.75, 3.05) is 31.7 Å². The molecular weight excluding hydrogens is 288 g/mol. The predicted molar refractivity (Wildman–Crippen MR) is 76.7 cm³/mol. The number of anilines is 1. The zero-order valence-corrected chi connectivity index (χ0v) is 12.1. The molecule has 2 saturated heterocycles. The summed E-state index contributed by atoms with van der Waals surface area (Å²) < 4.78 is 12.7. The largest absolute Gasteiger partial charge is 0.367 e. The molecule has 0 spiro atoms. The number of aliphatic hydroxyl groups is 1. The van der Waals surface area contributed by atoms with Gasteiger partial charge in [-0.25, -0.2) is 20.0 Å². The maximum atomic E-state index is 9.55. The number of rotatable bonds is 3. The van der Waals surface area contributed by atoms with Crippen LogP contribution in [0, 0.1) is 0 Å². The number of nitrogens with zero attached hydrogens (tertiary/aromatic N) is 5. The van der Waals surface area contributed by atoms with E-state index >= 15 is 0 Å². The van der Waals surface area contributed by atoms with Crippen LogP contribution < -0.4 is 5.43 Å². The topological polar surface area (TPSA) is 97.6 Å². The number of β-amino-alcohol motifs (C(OH)–C–C–N with tert-alkyl or cyclic N) is 1. The summed E-state index contributed by atoms with van der Waals surface area (Å²) in [5, 5.41) is 11.4. The number of nitrogens with one attached hydrogen (secondary N) is 1. The fourth-order valence-electron chi connectivity index (χ4n) is 2.81. The molecule has 2 aliphatic rings. The summed E-state index contributed by atoms with van der Waals surface area (Å²) in [6.07, 6.45) is 4.48. The van der Waals surface area contributed by atoms with E-state index in [1.54, 1.807) is 6.33 Å². The third-order valence-corrected chi connectivity index (χ3v) is 3.89. The lowest BCUT2D eigenvalue weighted by molar-refractivity contribution is -0.141. The lowest BCUT2D eigenvalue weighted by Gasteiger charge is -2.30. The van der Waals surface area contributed by atoms with E-state index in [9.17, 15) is 5.11 Å². The maximum Gasteiger partial charge on any atom is 0.172 e. The van der Waals surface area contributed by atoms with Crippen molar-refractivity contribution in [3.05, 3.63) is 12.7 Å². The predicted octanol–water partition coefficient (Wildman–Crippen LogP) is 0.113. The second kappa shape index (κ2) is 5.76. The fourth-order valence-corrected chi connectivity index (χ4v) is 2.81. The van der Waals surface area contributed by atoms with Gasteiger partial charge in [-0.1, -0.05) is 0 Å². The lowest BCUT2D eigenvalue weighted by Crippen LogP contribution is -2.45. The number of morpholine rings is 1. The standard InChI is InChI=1S/C13H18N6O3/c20-10-6-18(3-5-22-10)17-12-11-13(15-7-14-12)19(8-16-11)9-2-1-4-21-9/h7-10,20H,1-6H2,(H,14,15,17). The molecule has 2 atom stereocenters. The summed E-state index contributed by atoms with van der Waals surface area (Å²) in [5.74, 6) is 0.621. The smallest absolute Gasteiger partial charge is 0.172 e. The van der Waals surface area contributed by atoms with Crippen molar-refractivity contribution in [3.8, 4) is 0 Å². The Bertz CT molecular complexity index is 656. The molecule has 22 heavy (non-hydrogen) atoms. The number of hydrazine groups is 1. The average Bonchev–Trinajstić information content (AvgIpc) is 3.16. The van der Waals surface area contributed by atoms with Crippen LogP contribution in [0.2, 0.25) is 0 Å². The van der Waals surface area contributed by atoms with Crippen LogP contribution in [0.5, 0.6) is 0 Å². The van der Waals surface area contributed by atoms with E-state index in [0.717, 1.165) is 25.1 Å². The molecular formula is C13H18N6O3. The molecule has 4 heterocycles. The number of hydrogen-bond donors (Lipinski definition) is 2. The van der Waals surface area contributed by atoms with Crippen LogP contribution in [0.1, 0.15) is 19.1 Å². The first-order chi connectivity index (χ1) is 10.8. The van der Waals surface area contributed by atoms with Crippen molar-refractivity contribution in [2.24, 2.45) is 0 Å². The Morgan fingerprint density at radius 2 is 2.18 bits per heavy atom. The highest BCUT2D eigenvalue weighted by molar-refractivity contribution is 5.82. The van der Waals surface area contributed by atoms with E-state index in [4.69, 9.17) is 9.47 Å². The highest BCUT2D eigenvalue weighted by atomic mass is 16.6. The molecule has 4 rings (SSSR count). The number of aliphatic hydroxyl groups excluding tert-OH is 1. The minimum atomic E-state index is -0.789. The summed E-state index contributed by atoms with van der Waals surface area (Å²) in [6, 6.07) is 0. The average molecular weight is 306 g/mol. The molecule has 2 aromatic rings. The molecule has 2 aromatic heterocycles. The van der Waals surface area contributed by atoms with Gasteiger partial charge in [0, 0.05) is 13.2 Å². The van der Waals surface area contributed by atoms with Crippen LogP contribution in [0.25, 0.3) is 11.2 Å². The Morgan fingerprint density at radius 3 is 3.00 bits per heavy atom. The Morgan fingerprint density at radius 1 is 1.23 bits per heavy atom. The quantitative estimate of drug-likeness (QED) is 0.825. The van der Waals surface area contributed by atoms with Crippen molar-refractivity contribution in [1.82, 2.24) is 24.5 Å². The Balaban J connectivity index is 1.61. The lowest BCUT2D eigenvalue weighted by atomic mass is 10.3. The molecule has 2 aliphatic heterocycles. The third-order valence-electron chi connectivity index (χ3n) is 3.89. The van der Waals surface area contributed by atoms with E-state index in [2.05, 4.69) is 20.4 Å². The summed E-state index contributed by atoms with van der Waals surface area (Å²) in [5.41, 5.74) is 4.63. The SMILES string of the molecule is OC1CN(Nc2ncnc3c2ncn3C2CCCO2)CCO1. The Hall–Kier alpha value is -1.81. The third kappa shape index (κ3) is 2.52. The van der Waals surface area contributed by atoms with Gasteiger partial charge in [0.05, 0.1) is 19.5 Å². The van der Waals surface area contributed by atoms with Crippen molar-refractivity contribution in [2.45, 2.75) is 25.4 Å². The first-order valence-corrected chi connectivity index (χ1v) is 7.41. The van der Waals surface area contributed by atoms with Gasteiger partial charge < -0.3 is 20.0 Å². The molecule has 0 saturated carbocycles. The fraction of sp³-hybridized carbons (Fsp3) is 0.615. The molecule has 2 N–H and O–H groups in total. The zero-order valence-electron chi connectivity index (χ0n) is 12.1. The number of imidazole rings is 1. The van der Waals surface area contributed by atoms with E-state index in [1.807, 2.05) is 9.58 Å². The zero-order chi connectivity index (χ0) is 14.9. The van der Waals surface area contributed by atoms with Crippen molar-refractivity contribution < 1.29 is 14.6 Å². The molecule has 0 aliphatic carbocycles. The molecule has 0 radical (unpaired) electrons. The van der Waals surface area contributed by atoms with Crippen molar-refractivity contribution >= 4 is 17.0 Å². The number of hydrogen-bond acceptors (Lipinski definition) is 8. The summed E-state index contributed by atoms with van der Waals surface area (Å²) in [6.45, 7) is 2.27. The molecule has 2 unspecified atom stereocenters. The van der Waals surface area contributed by atoms with Gasteiger partial charge in [-0.3, -0.25) is 4.57 Å². The van der Waals surface area contributed by atoms with Gasteiger partial charge >= 0.3 is 0 Å². The molecule has 0 aromatic carbocycles. The minimum absolute atomic E-state index is 0.00189. The number of fused-ring (bicyclic) bond motifs is 1. The molecule has 118 valence electrons. The van der Waals surface area contributed by atoms with E-state index in [-0.39, 0.29) is 6.23 Å². The van der Waals surface area contributed by atoms with Crippen LogP contribution in [-0.2, 0) is 9.47 Å². The van der Waals surface area contributed by atoms with Crippen LogP contribution in [0.3, 0.4) is 0 Å². The summed E-state index contributed by atoms with van der Waals surface area (Å²) in [7, 11) is 0. The summed E-state index contributed by atoms with van der Waals surface area (Å²) >= 11 is 0. The highest BCUT2D eigenvalue weighted by Gasteiger charge is 2.23. The minimum Gasteiger partial charge on any atom is -0.367 e. The maximum absolute atomic E-state index is 9.55. The van der Waals surface area contributed by atoms with Gasteiger partial charge in [0.25, 0.3) is 0 Å².